The minimum atomic E-state index is 0.558. The molecule has 1 saturated heterocycles. The topological polar surface area (TPSA) is 19.4 Å². The van der Waals surface area contributed by atoms with Gasteiger partial charge < -0.3 is 4.90 Å². The SMILES string of the molecule is CCN(CC)c1ncccc1[C@H]1CCCCN1CC. The third kappa shape index (κ3) is 3.08. The minimum absolute atomic E-state index is 0.558. The van der Waals surface area contributed by atoms with Crippen LogP contribution >= 0.6 is 0 Å². The first kappa shape index (κ1) is 14.3. The average molecular weight is 261 g/mol. The van der Waals surface area contributed by atoms with E-state index in [2.05, 4.69) is 47.7 Å². The molecule has 3 nitrogen and oxygen atoms in total. The third-order valence-electron chi connectivity index (χ3n) is 4.26. The smallest absolute Gasteiger partial charge is 0.133 e. The Morgan fingerprint density at radius 1 is 1.26 bits per heavy atom. The fraction of sp³-hybridized carbons (Fsp3) is 0.688. The Morgan fingerprint density at radius 2 is 2.05 bits per heavy atom. The van der Waals surface area contributed by atoms with Crippen LogP contribution in [-0.2, 0) is 0 Å². The van der Waals surface area contributed by atoms with Crippen molar-refractivity contribution in [2.75, 3.05) is 31.1 Å². The summed E-state index contributed by atoms with van der Waals surface area (Å²) in [6.45, 7) is 11.1. The summed E-state index contributed by atoms with van der Waals surface area (Å²) in [5.74, 6) is 1.19. The fourth-order valence-corrected chi connectivity index (χ4v) is 3.18. The first-order valence-electron chi connectivity index (χ1n) is 7.75. The molecule has 1 fully saturated rings. The van der Waals surface area contributed by atoms with Gasteiger partial charge in [0.2, 0.25) is 0 Å². The predicted molar refractivity (Wildman–Crippen MR) is 81.6 cm³/mol. The van der Waals surface area contributed by atoms with Crippen LogP contribution in [0.1, 0.15) is 51.6 Å². The number of aromatic nitrogens is 1. The van der Waals surface area contributed by atoms with Crippen LogP contribution in [0.3, 0.4) is 0 Å². The molecular formula is C16H27N3. The second-order valence-corrected chi connectivity index (χ2v) is 5.23. The zero-order valence-corrected chi connectivity index (χ0v) is 12.6. The van der Waals surface area contributed by atoms with Crippen LogP contribution < -0.4 is 4.90 Å². The van der Waals surface area contributed by atoms with E-state index < -0.39 is 0 Å². The lowest BCUT2D eigenvalue weighted by molar-refractivity contribution is 0.157. The van der Waals surface area contributed by atoms with E-state index in [1.807, 2.05) is 6.20 Å². The van der Waals surface area contributed by atoms with Crippen molar-refractivity contribution in [2.24, 2.45) is 0 Å². The van der Waals surface area contributed by atoms with E-state index in [0.717, 1.165) is 19.6 Å². The highest BCUT2D eigenvalue weighted by Crippen LogP contribution is 2.34. The van der Waals surface area contributed by atoms with Crippen molar-refractivity contribution in [3.05, 3.63) is 23.9 Å². The number of nitrogens with zero attached hydrogens (tertiary/aromatic N) is 3. The number of hydrogen-bond acceptors (Lipinski definition) is 3. The van der Waals surface area contributed by atoms with Crippen molar-refractivity contribution in [3.63, 3.8) is 0 Å². The summed E-state index contributed by atoms with van der Waals surface area (Å²) in [7, 11) is 0. The summed E-state index contributed by atoms with van der Waals surface area (Å²) in [6, 6.07) is 4.92. The molecule has 0 radical (unpaired) electrons. The van der Waals surface area contributed by atoms with E-state index in [1.54, 1.807) is 0 Å². The van der Waals surface area contributed by atoms with E-state index in [4.69, 9.17) is 0 Å². The van der Waals surface area contributed by atoms with Gasteiger partial charge in [-0.25, -0.2) is 4.98 Å². The molecule has 19 heavy (non-hydrogen) atoms. The van der Waals surface area contributed by atoms with E-state index in [1.165, 1.54) is 37.2 Å². The maximum absolute atomic E-state index is 4.66. The summed E-state index contributed by atoms with van der Waals surface area (Å²) in [4.78, 5) is 9.64. The number of piperidine rings is 1. The van der Waals surface area contributed by atoms with E-state index in [-0.39, 0.29) is 0 Å². The molecule has 0 aromatic carbocycles. The van der Waals surface area contributed by atoms with Gasteiger partial charge in [-0.15, -0.1) is 0 Å². The van der Waals surface area contributed by atoms with Gasteiger partial charge in [0.15, 0.2) is 0 Å². The highest BCUT2D eigenvalue weighted by molar-refractivity contribution is 5.48. The maximum Gasteiger partial charge on any atom is 0.133 e. The van der Waals surface area contributed by atoms with Crippen molar-refractivity contribution >= 4 is 5.82 Å². The van der Waals surface area contributed by atoms with Crippen LogP contribution in [0.15, 0.2) is 18.3 Å². The van der Waals surface area contributed by atoms with E-state index in [0.29, 0.717) is 6.04 Å². The molecule has 0 saturated carbocycles. The number of likely N-dealkylation sites (tertiary alicyclic amines) is 1. The Morgan fingerprint density at radius 3 is 2.74 bits per heavy atom. The van der Waals surface area contributed by atoms with Crippen LogP contribution in [0.4, 0.5) is 5.82 Å². The van der Waals surface area contributed by atoms with Gasteiger partial charge in [-0.05, 0) is 45.8 Å². The molecule has 0 aliphatic carbocycles. The zero-order chi connectivity index (χ0) is 13.7. The first-order valence-corrected chi connectivity index (χ1v) is 7.75. The minimum Gasteiger partial charge on any atom is -0.357 e. The Hall–Kier alpha value is -1.09. The van der Waals surface area contributed by atoms with Gasteiger partial charge in [0.25, 0.3) is 0 Å². The van der Waals surface area contributed by atoms with Gasteiger partial charge in [0.05, 0.1) is 0 Å². The van der Waals surface area contributed by atoms with Gasteiger partial charge in [0, 0.05) is 30.9 Å². The monoisotopic (exact) mass is 261 g/mol. The molecule has 2 heterocycles. The summed E-state index contributed by atoms with van der Waals surface area (Å²) in [6.07, 6.45) is 5.88. The fourth-order valence-electron chi connectivity index (χ4n) is 3.18. The molecule has 1 aromatic rings. The molecular weight excluding hydrogens is 234 g/mol. The Labute approximate surface area is 117 Å². The molecule has 2 rings (SSSR count). The third-order valence-corrected chi connectivity index (χ3v) is 4.26. The van der Waals surface area contributed by atoms with Crippen LogP contribution in [0, 0.1) is 0 Å². The molecule has 0 unspecified atom stereocenters. The first-order chi connectivity index (χ1) is 9.31. The summed E-state index contributed by atoms with van der Waals surface area (Å²) in [5.41, 5.74) is 1.42. The lowest BCUT2D eigenvalue weighted by Crippen LogP contribution is -2.35. The Kier molecular flexibility index (Phi) is 5.20. The molecule has 1 aromatic heterocycles. The van der Waals surface area contributed by atoms with Gasteiger partial charge in [0.1, 0.15) is 5.82 Å². The van der Waals surface area contributed by atoms with Crippen LogP contribution in [0.5, 0.6) is 0 Å². The molecule has 106 valence electrons. The molecule has 0 N–H and O–H groups in total. The second kappa shape index (κ2) is 6.90. The maximum atomic E-state index is 4.66. The number of pyridine rings is 1. The standard InChI is InChI=1S/C16H27N3/c1-4-18(5-2)16-14(10-9-12-17-16)15-11-7-8-13-19(15)6-3/h9-10,12,15H,4-8,11,13H2,1-3H3/t15-/m1/s1. The van der Waals surface area contributed by atoms with Crippen molar-refractivity contribution in [1.29, 1.82) is 0 Å². The largest absolute Gasteiger partial charge is 0.357 e. The Bertz CT molecular complexity index is 387. The summed E-state index contributed by atoms with van der Waals surface area (Å²) in [5, 5.41) is 0. The lowest BCUT2D eigenvalue weighted by Gasteiger charge is -2.37. The molecule has 0 spiro atoms. The molecule has 1 aliphatic rings. The van der Waals surface area contributed by atoms with Gasteiger partial charge in [-0.2, -0.15) is 0 Å². The van der Waals surface area contributed by atoms with E-state index in [9.17, 15) is 0 Å². The highest BCUT2D eigenvalue weighted by atomic mass is 15.2. The van der Waals surface area contributed by atoms with Gasteiger partial charge in [-0.3, -0.25) is 4.90 Å². The van der Waals surface area contributed by atoms with Crippen molar-refractivity contribution in [3.8, 4) is 0 Å². The molecule has 0 bridgehead atoms. The summed E-state index contributed by atoms with van der Waals surface area (Å²) < 4.78 is 0. The number of hydrogen-bond donors (Lipinski definition) is 0. The normalized spacial score (nSPS) is 20.5. The van der Waals surface area contributed by atoms with Crippen molar-refractivity contribution < 1.29 is 0 Å². The quantitative estimate of drug-likeness (QED) is 0.809. The Balaban J connectivity index is 2.32. The van der Waals surface area contributed by atoms with Gasteiger partial charge >= 0.3 is 0 Å². The molecule has 3 heteroatoms. The van der Waals surface area contributed by atoms with Gasteiger partial charge in [-0.1, -0.05) is 19.4 Å². The predicted octanol–water partition coefficient (Wildman–Crippen LogP) is 3.47. The number of anilines is 1. The molecule has 0 amide bonds. The van der Waals surface area contributed by atoms with E-state index >= 15 is 0 Å². The molecule has 1 aliphatic heterocycles. The highest BCUT2D eigenvalue weighted by Gasteiger charge is 2.26. The lowest BCUT2D eigenvalue weighted by atomic mass is 9.95. The van der Waals surface area contributed by atoms with Crippen LogP contribution in [-0.4, -0.2) is 36.1 Å². The zero-order valence-electron chi connectivity index (χ0n) is 12.6. The number of rotatable bonds is 5. The molecule has 1 atom stereocenters. The second-order valence-electron chi connectivity index (χ2n) is 5.23. The van der Waals surface area contributed by atoms with Crippen LogP contribution in [0.25, 0.3) is 0 Å². The average Bonchev–Trinajstić information content (AvgIpc) is 2.49. The van der Waals surface area contributed by atoms with Crippen LogP contribution in [0.2, 0.25) is 0 Å². The van der Waals surface area contributed by atoms with Crippen molar-refractivity contribution in [2.45, 2.75) is 46.1 Å². The summed E-state index contributed by atoms with van der Waals surface area (Å²) >= 11 is 0. The van der Waals surface area contributed by atoms with Crippen molar-refractivity contribution in [1.82, 2.24) is 9.88 Å².